The SMILES string of the molecule is CCn1nc(Cl)c2cnc(Nc3cn(C4CN(C)C4)nc3C)nc21. The second-order valence-corrected chi connectivity index (χ2v) is 6.50. The lowest BCUT2D eigenvalue weighted by Crippen LogP contribution is -2.45. The Hall–Kier alpha value is -2.19. The highest BCUT2D eigenvalue weighted by atomic mass is 35.5. The van der Waals surface area contributed by atoms with E-state index in [9.17, 15) is 0 Å². The Morgan fingerprint density at radius 1 is 1.33 bits per heavy atom. The molecule has 0 saturated carbocycles. The normalized spacial score (nSPS) is 15.8. The van der Waals surface area contributed by atoms with Gasteiger partial charge in [0, 0.05) is 32.0 Å². The van der Waals surface area contributed by atoms with Crippen molar-refractivity contribution >= 4 is 34.3 Å². The molecule has 0 unspecified atom stereocenters. The molecule has 126 valence electrons. The number of rotatable bonds is 4. The van der Waals surface area contributed by atoms with E-state index in [1.54, 1.807) is 10.9 Å². The van der Waals surface area contributed by atoms with E-state index >= 15 is 0 Å². The summed E-state index contributed by atoms with van der Waals surface area (Å²) in [5.74, 6) is 0.516. The number of likely N-dealkylation sites (N-methyl/N-ethyl adjacent to an activating group) is 1. The molecule has 0 aliphatic carbocycles. The van der Waals surface area contributed by atoms with Crippen LogP contribution in [-0.4, -0.2) is 54.6 Å². The highest BCUT2D eigenvalue weighted by Gasteiger charge is 2.26. The number of halogens is 1. The van der Waals surface area contributed by atoms with Gasteiger partial charge < -0.3 is 10.2 Å². The number of fused-ring (bicyclic) bond motifs is 1. The van der Waals surface area contributed by atoms with Gasteiger partial charge in [0.2, 0.25) is 5.95 Å². The van der Waals surface area contributed by atoms with Gasteiger partial charge in [0.25, 0.3) is 0 Å². The van der Waals surface area contributed by atoms with Crippen molar-refractivity contribution in [3.63, 3.8) is 0 Å². The highest BCUT2D eigenvalue weighted by molar-refractivity contribution is 6.34. The van der Waals surface area contributed by atoms with Crippen LogP contribution in [0, 0.1) is 6.92 Å². The first kappa shape index (κ1) is 15.3. The first-order valence-electron chi connectivity index (χ1n) is 7.95. The number of anilines is 2. The fourth-order valence-corrected chi connectivity index (χ4v) is 3.17. The van der Waals surface area contributed by atoms with E-state index in [2.05, 4.69) is 37.4 Å². The average Bonchev–Trinajstić information content (AvgIpc) is 3.05. The summed E-state index contributed by atoms with van der Waals surface area (Å²) in [6.07, 6.45) is 3.72. The summed E-state index contributed by atoms with van der Waals surface area (Å²) in [6.45, 7) is 6.73. The first-order chi connectivity index (χ1) is 11.5. The summed E-state index contributed by atoms with van der Waals surface area (Å²) in [6, 6.07) is 0.438. The maximum atomic E-state index is 6.12. The quantitative estimate of drug-likeness (QED) is 0.780. The summed E-state index contributed by atoms with van der Waals surface area (Å²) in [5.41, 5.74) is 2.57. The van der Waals surface area contributed by atoms with Crippen molar-refractivity contribution in [3.8, 4) is 0 Å². The van der Waals surface area contributed by atoms with Crippen molar-refractivity contribution in [3.05, 3.63) is 23.2 Å². The summed E-state index contributed by atoms with van der Waals surface area (Å²) in [5, 5.41) is 13.3. The number of hydrogen-bond donors (Lipinski definition) is 1. The lowest BCUT2D eigenvalue weighted by atomic mass is 10.1. The molecule has 1 N–H and O–H groups in total. The van der Waals surface area contributed by atoms with Crippen molar-refractivity contribution in [2.24, 2.45) is 0 Å². The molecule has 3 aromatic rings. The lowest BCUT2D eigenvalue weighted by Gasteiger charge is -2.36. The van der Waals surface area contributed by atoms with Crippen molar-refractivity contribution in [1.29, 1.82) is 0 Å². The third kappa shape index (κ3) is 2.51. The maximum Gasteiger partial charge on any atom is 0.229 e. The van der Waals surface area contributed by atoms with Crippen molar-refractivity contribution in [2.75, 3.05) is 25.5 Å². The maximum absolute atomic E-state index is 6.12. The predicted molar refractivity (Wildman–Crippen MR) is 92.8 cm³/mol. The van der Waals surface area contributed by atoms with Crippen LogP contribution in [0.15, 0.2) is 12.4 Å². The zero-order valence-electron chi connectivity index (χ0n) is 13.9. The summed E-state index contributed by atoms with van der Waals surface area (Å²) in [7, 11) is 2.11. The van der Waals surface area contributed by atoms with Crippen LogP contribution in [0.4, 0.5) is 11.6 Å². The van der Waals surface area contributed by atoms with Gasteiger partial charge in [0.15, 0.2) is 10.8 Å². The molecular weight excluding hydrogens is 328 g/mol. The largest absolute Gasteiger partial charge is 0.321 e. The Kier molecular flexibility index (Phi) is 3.65. The van der Waals surface area contributed by atoms with Crippen LogP contribution in [0.3, 0.4) is 0 Å². The van der Waals surface area contributed by atoms with Gasteiger partial charge in [-0.15, -0.1) is 0 Å². The second-order valence-electron chi connectivity index (χ2n) is 6.15. The molecule has 0 aromatic carbocycles. The number of nitrogens with zero attached hydrogens (tertiary/aromatic N) is 7. The standard InChI is InChI=1S/C15H19ClN8/c1-4-23-14-11(13(16)21-23)5-17-15(19-14)18-12-8-24(20-9(12)2)10-6-22(3)7-10/h5,8,10H,4,6-7H2,1-3H3,(H,17,18,19). The molecule has 1 aliphatic rings. The third-order valence-electron chi connectivity index (χ3n) is 4.33. The Morgan fingerprint density at radius 3 is 2.83 bits per heavy atom. The van der Waals surface area contributed by atoms with E-state index in [1.165, 1.54) is 0 Å². The van der Waals surface area contributed by atoms with Crippen LogP contribution in [0.5, 0.6) is 0 Å². The average molecular weight is 347 g/mol. The molecular formula is C15H19ClN8. The fourth-order valence-electron chi connectivity index (χ4n) is 2.95. The molecule has 0 amide bonds. The number of aromatic nitrogens is 6. The zero-order valence-corrected chi connectivity index (χ0v) is 14.6. The van der Waals surface area contributed by atoms with E-state index in [4.69, 9.17) is 11.6 Å². The molecule has 8 nitrogen and oxygen atoms in total. The van der Waals surface area contributed by atoms with Gasteiger partial charge in [0.05, 0.1) is 22.8 Å². The molecule has 1 fully saturated rings. The second kappa shape index (κ2) is 5.71. The van der Waals surface area contributed by atoms with Crippen LogP contribution < -0.4 is 5.32 Å². The fraction of sp³-hybridized carbons (Fsp3) is 0.467. The van der Waals surface area contributed by atoms with Crippen LogP contribution in [0.1, 0.15) is 18.7 Å². The summed E-state index contributed by atoms with van der Waals surface area (Å²) in [4.78, 5) is 11.2. The monoisotopic (exact) mass is 346 g/mol. The van der Waals surface area contributed by atoms with E-state index < -0.39 is 0 Å². The van der Waals surface area contributed by atoms with E-state index in [0.29, 0.717) is 23.7 Å². The third-order valence-corrected chi connectivity index (χ3v) is 4.60. The van der Waals surface area contributed by atoms with Gasteiger partial charge >= 0.3 is 0 Å². The highest BCUT2D eigenvalue weighted by Crippen LogP contribution is 2.25. The van der Waals surface area contributed by atoms with E-state index in [-0.39, 0.29) is 0 Å². The van der Waals surface area contributed by atoms with E-state index in [1.807, 2.05) is 24.7 Å². The molecule has 4 heterocycles. The van der Waals surface area contributed by atoms with Crippen molar-refractivity contribution in [1.82, 2.24) is 34.4 Å². The van der Waals surface area contributed by atoms with Gasteiger partial charge in [-0.1, -0.05) is 11.6 Å². The number of hydrogen-bond acceptors (Lipinski definition) is 6. The Labute approximate surface area is 144 Å². The van der Waals surface area contributed by atoms with Gasteiger partial charge in [-0.3, -0.25) is 4.68 Å². The molecule has 0 atom stereocenters. The molecule has 24 heavy (non-hydrogen) atoms. The minimum atomic E-state index is 0.427. The van der Waals surface area contributed by atoms with Crippen LogP contribution in [0.2, 0.25) is 5.15 Å². The zero-order chi connectivity index (χ0) is 16.8. The Bertz CT molecular complexity index is 892. The number of likely N-dealkylation sites (tertiary alicyclic amines) is 1. The molecule has 4 rings (SSSR count). The molecule has 0 radical (unpaired) electrons. The molecule has 0 bridgehead atoms. The van der Waals surface area contributed by atoms with Crippen molar-refractivity contribution < 1.29 is 0 Å². The number of nitrogens with one attached hydrogen (secondary N) is 1. The van der Waals surface area contributed by atoms with Crippen LogP contribution >= 0.6 is 11.6 Å². The smallest absolute Gasteiger partial charge is 0.229 e. The van der Waals surface area contributed by atoms with Gasteiger partial charge in [-0.25, -0.2) is 9.67 Å². The lowest BCUT2D eigenvalue weighted by molar-refractivity contribution is 0.130. The minimum Gasteiger partial charge on any atom is -0.321 e. The predicted octanol–water partition coefficient (Wildman–Crippen LogP) is 2.23. The summed E-state index contributed by atoms with van der Waals surface area (Å²) < 4.78 is 3.79. The topological polar surface area (TPSA) is 76.7 Å². The van der Waals surface area contributed by atoms with E-state index in [0.717, 1.165) is 35.5 Å². The molecule has 0 spiro atoms. The van der Waals surface area contributed by atoms with Gasteiger partial charge in [-0.05, 0) is 20.9 Å². The van der Waals surface area contributed by atoms with Gasteiger partial charge in [0.1, 0.15) is 0 Å². The Balaban J connectivity index is 1.62. The molecule has 1 aliphatic heterocycles. The molecule has 9 heteroatoms. The van der Waals surface area contributed by atoms with Crippen molar-refractivity contribution in [2.45, 2.75) is 26.4 Å². The molecule has 3 aromatic heterocycles. The van der Waals surface area contributed by atoms with Crippen LogP contribution in [0.25, 0.3) is 11.0 Å². The first-order valence-corrected chi connectivity index (χ1v) is 8.33. The minimum absolute atomic E-state index is 0.427. The molecule has 1 saturated heterocycles. The summed E-state index contributed by atoms with van der Waals surface area (Å²) >= 11 is 6.12. The van der Waals surface area contributed by atoms with Gasteiger partial charge in [-0.2, -0.15) is 15.2 Å². The Morgan fingerprint density at radius 2 is 2.12 bits per heavy atom. The number of aryl methyl sites for hydroxylation is 2. The van der Waals surface area contributed by atoms with Crippen LogP contribution in [-0.2, 0) is 6.54 Å².